The van der Waals surface area contributed by atoms with Crippen LogP contribution in [-0.4, -0.2) is 44.4 Å². The number of aromatic carboxylic acids is 1. The van der Waals surface area contributed by atoms with Crippen molar-refractivity contribution < 1.29 is 19.4 Å². The highest BCUT2D eigenvalue weighted by atomic mass is 32.2. The predicted octanol–water partition coefficient (Wildman–Crippen LogP) is 1.46. The van der Waals surface area contributed by atoms with Gasteiger partial charge in [-0.3, -0.25) is 4.79 Å². The standard InChI is InChI=1S/C19H19N5O4S/c1-3-28-16-7-5-4-6-15(16)24-19(21-22-23-24)29-11-17(25)20-14-10-12(2)8-9-13(14)18(26)27/h4-10H,3,11H2,1-2H3,(H,20,25)(H,26,27)/p-1. The first kappa shape index (κ1) is 20.3. The van der Waals surface area contributed by atoms with Gasteiger partial charge < -0.3 is 20.0 Å². The van der Waals surface area contributed by atoms with E-state index in [0.717, 1.165) is 17.3 Å². The Morgan fingerprint density at radius 3 is 2.79 bits per heavy atom. The molecule has 0 spiro atoms. The number of aromatic nitrogens is 4. The summed E-state index contributed by atoms with van der Waals surface area (Å²) in [5, 5.41) is 25.9. The van der Waals surface area contributed by atoms with Gasteiger partial charge in [-0.1, -0.05) is 36.0 Å². The molecule has 1 aromatic heterocycles. The number of rotatable bonds is 8. The van der Waals surface area contributed by atoms with E-state index in [-0.39, 0.29) is 17.0 Å². The Hall–Kier alpha value is -3.40. The van der Waals surface area contributed by atoms with Gasteiger partial charge in [0.25, 0.3) is 0 Å². The Bertz CT molecular complexity index is 1040. The molecule has 3 rings (SSSR count). The van der Waals surface area contributed by atoms with E-state index in [4.69, 9.17) is 4.74 Å². The number of nitrogens with zero attached hydrogens (tertiary/aromatic N) is 4. The van der Waals surface area contributed by atoms with Gasteiger partial charge in [-0.25, -0.2) is 0 Å². The molecule has 0 saturated heterocycles. The molecule has 150 valence electrons. The van der Waals surface area contributed by atoms with Crippen LogP contribution in [0.2, 0.25) is 0 Å². The topological polar surface area (TPSA) is 122 Å². The van der Waals surface area contributed by atoms with Gasteiger partial charge in [0.1, 0.15) is 11.4 Å². The van der Waals surface area contributed by atoms with Gasteiger partial charge >= 0.3 is 0 Å². The molecule has 0 saturated carbocycles. The number of benzene rings is 2. The summed E-state index contributed by atoms with van der Waals surface area (Å²) in [7, 11) is 0. The zero-order valence-electron chi connectivity index (χ0n) is 15.8. The van der Waals surface area contributed by atoms with Crippen molar-refractivity contribution in [3.63, 3.8) is 0 Å². The molecule has 0 aliphatic rings. The van der Waals surface area contributed by atoms with Gasteiger partial charge in [-0.15, -0.1) is 5.10 Å². The van der Waals surface area contributed by atoms with Crippen molar-refractivity contribution in [2.45, 2.75) is 19.0 Å². The molecule has 10 heteroatoms. The highest BCUT2D eigenvalue weighted by molar-refractivity contribution is 7.99. The van der Waals surface area contributed by atoms with E-state index in [1.54, 1.807) is 25.1 Å². The molecule has 0 atom stereocenters. The second-order valence-electron chi connectivity index (χ2n) is 5.95. The van der Waals surface area contributed by atoms with E-state index < -0.39 is 11.9 Å². The maximum absolute atomic E-state index is 12.4. The molecule has 0 aliphatic carbocycles. The van der Waals surface area contributed by atoms with Crippen LogP contribution in [0, 0.1) is 6.92 Å². The summed E-state index contributed by atoms with van der Waals surface area (Å²) >= 11 is 1.12. The van der Waals surface area contributed by atoms with Crippen LogP contribution < -0.4 is 15.2 Å². The van der Waals surface area contributed by atoms with Crippen molar-refractivity contribution in [3.05, 3.63) is 53.6 Å². The van der Waals surface area contributed by atoms with Gasteiger partial charge in [0.15, 0.2) is 0 Å². The largest absolute Gasteiger partial charge is 0.545 e. The number of para-hydroxylation sites is 2. The number of carboxylic acids is 1. The Morgan fingerprint density at radius 1 is 1.24 bits per heavy atom. The highest BCUT2D eigenvalue weighted by Crippen LogP contribution is 2.26. The molecule has 9 nitrogen and oxygen atoms in total. The number of nitrogens with one attached hydrogen (secondary N) is 1. The van der Waals surface area contributed by atoms with E-state index in [1.165, 1.54) is 10.7 Å². The molecule has 1 N–H and O–H groups in total. The fraction of sp³-hybridized carbons (Fsp3) is 0.211. The Morgan fingerprint density at radius 2 is 2.03 bits per heavy atom. The minimum atomic E-state index is -1.36. The lowest BCUT2D eigenvalue weighted by molar-refractivity contribution is -0.254. The second-order valence-corrected chi connectivity index (χ2v) is 6.89. The number of tetrazole rings is 1. The van der Waals surface area contributed by atoms with E-state index >= 15 is 0 Å². The Kier molecular flexibility index (Phi) is 6.45. The number of aryl methyl sites for hydroxylation is 1. The molecule has 0 radical (unpaired) electrons. The van der Waals surface area contributed by atoms with Crippen molar-refractivity contribution in [2.24, 2.45) is 0 Å². The first-order chi connectivity index (χ1) is 14.0. The number of hydrogen-bond acceptors (Lipinski definition) is 8. The molecule has 0 aliphatic heterocycles. The molecule has 1 heterocycles. The van der Waals surface area contributed by atoms with Crippen LogP contribution in [0.5, 0.6) is 5.75 Å². The maximum atomic E-state index is 12.4. The van der Waals surface area contributed by atoms with Crippen molar-refractivity contribution >= 4 is 29.3 Å². The SMILES string of the molecule is CCOc1ccccc1-n1nnnc1SCC(=O)Nc1cc(C)ccc1C(=O)[O-]. The summed E-state index contributed by atoms with van der Waals surface area (Å²) in [5.74, 6) is -1.15. The number of carboxylic acid groups (broad SMARTS) is 1. The lowest BCUT2D eigenvalue weighted by atomic mass is 10.1. The van der Waals surface area contributed by atoms with Crippen molar-refractivity contribution in [2.75, 3.05) is 17.7 Å². The average Bonchev–Trinajstić information content (AvgIpc) is 3.15. The van der Waals surface area contributed by atoms with Crippen LogP contribution in [-0.2, 0) is 4.79 Å². The van der Waals surface area contributed by atoms with Crippen LogP contribution in [0.25, 0.3) is 5.69 Å². The third-order valence-electron chi connectivity index (χ3n) is 3.84. The van der Waals surface area contributed by atoms with Crippen LogP contribution in [0.1, 0.15) is 22.8 Å². The quantitative estimate of drug-likeness (QED) is 0.552. The number of amides is 1. The molecule has 29 heavy (non-hydrogen) atoms. The van der Waals surface area contributed by atoms with E-state index in [1.807, 2.05) is 25.1 Å². The van der Waals surface area contributed by atoms with Crippen molar-refractivity contribution in [3.8, 4) is 11.4 Å². The van der Waals surface area contributed by atoms with Crippen LogP contribution in [0.15, 0.2) is 47.6 Å². The van der Waals surface area contributed by atoms with Gasteiger partial charge in [0, 0.05) is 5.56 Å². The molecule has 1 amide bonds. The lowest BCUT2D eigenvalue weighted by Gasteiger charge is -2.13. The minimum absolute atomic E-state index is 0.0163. The smallest absolute Gasteiger partial charge is 0.234 e. The first-order valence-electron chi connectivity index (χ1n) is 8.74. The maximum Gasteiger partial charge on any atom is 0.234 e. The summed E-state index contributed by atoms with van der Waals surface area (Å²) in [4.78, 5) is 23.6. The van der Waals surface area contributed by atoms with Gasteiger partial charge in [0.05, 0.1) is 24.0 Å². The normalized spacial score (nSPS) is 10.6. The molecule has 0 bridgehead atoms. The zero-order valence-corrected chi connectivity index (χ0v) is 16.6. The number of ether oxygens (including phenoxy) is 1. The van der Waals surface area contributed by atoms with Crippen molar-refractivity contribution in [1.82, 2.24) is 20.2 Å². The van der Waals surface area contributed by atoms with Crippen LogP contribution in [0.4, 0.5) is 5.69 Å². The Balaban J connectivity index is 1.73. The third-order valence-corrected chi connectivity index (χ3v) is 4.75. The first-order valence-corrected chi connectivity index (χ1v) is 9.73. The second kappa shape index (κ2) is 9.20. The van der Waals surface area contributed by atoms with E-state index in [0.29, 0.717) is 23.2 Å². The summed E-state index contributed by atoms with van der Waals surface area (Å²) < 4.78 is 7.09. The molecular weight excluding hydrogens is 394 g/mol. The van der Waals surface area contributed by atoms with Crippen molar-refractivity contribution in [1.29, 1.82) is 0 Å². The number of carbonyl (C=O) groups excluding carboxylic acids is 2. The number of anilines is 1. The van der Waals surface area contributed by atoms with Crippen LogP contribution >= 0.6 is 11.8 Å². The minimum Gasteiger partial charge on any atom is -0.545 e. The third kappa shape index (κ3) is 4.91. The van der Waals surface area contributed by atoms with Gasteiger partial charge in [-0.2, -0.15) is 4.68 Å². The number of hydrogen-bond donors (Lipinski definition) is 1. The summed E-state index contributed by atoms with van der Waals surface area (Å²) in [6, 6.07) is 11.9. The lowest BCUT2D eigenvalue weighted by Crippen LogP contribution is -2.25. The monoisotopic (exact) mass is 412 g/mol. The number of thioether (sulfide) groups is 1. The zero-order chi connectivity index (χ0) is 20.8. The average molecular weight is 412 g/mol. The van der Waals surface area contributed by atoms with Gasteiger partial charge in [-0.05, 0) is 48.0 Å². The van der Waals surface area contributed by atoms with Crippen LogP contribution in [0.3, 0.4) is 0 Å². The van der Waals surface area contributed by atoms with Gasteiger partial charge in [0.2, 0.25) is 11.1 Å². The fourth-order valence-electron chi connectivity index (χ4n) is 2.59. The summed E-state index contributed by atoms with van der Waals surface area (Å²) in [6.07, 6.45) is 0. The van der Waals surface area contributed by atoms with E-state index in [9.17, 15) is 14.7 Å². The summed E-state index contributed by atoms with van der Waals surface area (Å²) in [6.45, 7) is 4.16. The number of carbonyl (C=O) groups is 2. The summed E-state index contributed by atoms with van der Waals surface area (Å²) in [5.41, 5.74) is 1.58. The highest BCUT2D eigenvalue weighted by Gasteiger charge is 2.15. The molecule has 0 fully saturated rings. The Labute approximate surface area is 171 Å². The molecule has 3 aromatic rings. The predicted molar refractivity (Wildman–Crippen MR) is 105 cm³/mol. The fourth-order valence-corrected chi connectivity index (χ4v) is 3.27. The molecule has 0 unspecified atom stereocenters. The molecule has 2 aromatic carbocycles. The molecular formula is C19H18N5O4S-. The van der Waals surface area contributed by atoms with E-state index in [2.05, 4.69) is 20.8 Å².